The molecule has 0 bridgehead atoms. The van der Waals surface area contributed by atoms with Crippen molar-refractivity contribution in [3.8, 4) is 54.2 Å². The molecule has 77 heavy (non-hydrogen) atoms. The highest BCUT2D eigenvalue weighted by atomic mass is 32.1. The molecule has 0 amide bonds. The number of carboxylic acid groups (broad SMARTS) is 1. The fraction of sp³-hybridized carbons (Fsp3) is 0.296. The number of hydrogen-bond donors (Lipinski definition) is 1. The summed E-state index contributed by atoms with van der Waals surface area (Å²) in [4.78, 5) is 16.7. The zero-order chi connectivity index (χ0) is 53.5. The molecule has 0 fully saturated rings. The van der Waals surface area contributed by atoms with Gasteiger partial charge in [0.25, 0.3) is 0 Å². The number of aromatic nitrogens is 1. The third-order valence-corrected chi connectivity index (χ3v) is 19.5. The Labute approximate surface area is 462 Å². The smallest absolute Gasteiger partial charge is 0.346 e. The van der Waals surface area contributed by atoms with Crippen LogP contribution in [0, 0.1) is 11.3 Å². The summed E-state index contributed by atoms with van der Waals surface area (Å²) in [5, 5.41) is 30.1. The summed E-state index contributed by atoms with van der Waals surface area (Å²) >= 11 is 3.52. The first-order chi connectivity index (χ1) is 37.1. The summed E-state index contributed by atoms with van der Waals surface area (Å²) in [6.07, 6.45) is 13.2. The second-order valence-corrected chi connectivity index (χ2v) is 26.2. The van der Waals surface area contributed by atoms with Crippen LogP contribution in [-0.4, -0.2) is 15.6 Å². The number of benzene rings is 8. The van der Waals surface area contributed by atoms with E-state index >= 15 is 0 Å². The first kappa shape index (κ1) is 50.8. The van der Waals surface area contributed by atoms with Crippen LogP contribution in [0.4, 0.5) is 0 Å². The largest absolute Gasteiger partial charge is 0.477 e. The maximum atomic E-state index is 12.1. The number of nitriles is 1. The van der Waals surface area contributed by atoms with Crippen molar-refractivity contribution in [1.82, 2.24) is 4.57 Å². The van der Waals surface area contributed by atoms with Crippen LogP contribution in [-0.2, 0) is 21.0 Å². The van der Waals surface area contributed by atoms with E-state index in [1.165, 1.54) is 157 Å². The fourth-order valence-electron chi connectivity index (χ4n) is 13.1. The molecule has 0 saturated heterocycles. The van der Waals surface area contributed by atoms with Gasteiger partial charge in [0.1, 0.15) is 11.6 Å². The number of hydrogen-bond acceptors (Lipinski definition) is 4. The summed E-state index contributed by atoms with van der Waals surface area (Å²) in [6, 6.07) is 53.4. The summed E-state index contributed by atoms with van der Waals surface area (Å²) in [5.41, 5.74) is 14.8. The average Bonchev–Trinajstić information content (AvgIpc) is 4.28. The van der Waals surface area contributed by atoms with Gasteiger partial charge in [-0.05, 0) is 138 Å². The maximum absolute atomic E-state index is 12.1. The standard InChI is InChI=1S/C71H68N2O2S2/c1-9-11-13-15-35-71(36-16-14-12-10-2)57-38-50(37-46(42-72)68(74)75)76-66(57)67-58(71)41-61(77-67)45-27-33-49(34-28-45)73-59-39-55(43-23-29-47(30-24-43)69(3,4)5)53-21-17-19-51-52-20-18-22-54-56(44-25-31-48(32-26-44)70(6,7)8)40-60(73)65(63(52)54)64(59)62(51)53/h17-34,37-41H,9-16,35-36H2,1-8H3,(H,74,75)/b46-37-. The van der Waals surface area contributed by atoms with Gasteiger partial charge in [-0.2, -0.15) is 5.26 Å². The van der Waals surface area contributed by atoms with Gasteiger partial charge >= 0.3 is 5.97 Å². The Morgan fingerprint density at radius 1 is 0.571 bits per heavy atom. The third kappa shape index (κ3) is 8.48. The Hall–Kier alpha value is -7.04. The molecule has 1 aliphatic rings. The van der Waals surface area contributed by atoms with Crippen molar-refractivity contribution in [2.24, 2.45) is 0 Å². The van der Waals surface area contributed by atoms with Gasteiger partial charge in [0.2, 0.25) is 0 Å². The molecule has 386 valence electrons. The Morgan fingerprint density at radius 3 is 1.51 bits per heavy atom. The number of aliphatic carboxylic acids is 1. The summed E-state index contributed by atoms with van der Waals surface area (Å²) in [5.74, 6) is -1.18. The van der Waals surface area contributed by atoms with Crippen LogP contribution in [0.5, 0.6) is 0 Å². The van der Waals surface area contributed by atoms with E-state index in [0.29, 0.717) is 0 Å². The van der Waals surface area contributed by atoms with Crippen molar-refractivity contribution < 1.29 is 9.90 Å². The van der Waals surface area contributed by atoms with Gasteiger partial charge in [0.15, 0.2) is 0 Å². The van der Waals surface area contributed by atoms with Crippen molar-refractivity contribution >= 4 is 88.8 Å². The molecule has 12 rings (SSSR count). The molecule has 1 N–H and O–H groups in total. The van der Waals surface area contributed by atoms with Gasteiger partial charge < -0.3 is 9.67 Å². The Balaban J connectivity index is 1.06. The summed E-state index contributed by atoms with van der Waals surface area (Å²) in [6.45, 7) is 18.3. The topological polar surface area (TPSA) is 66.0 Å². The van der Waals surface area contributed by atoms with E-state index in [2.05, 4.69) is 193 Å². The van der Waals surface area contributed by atoms with Gasteiger partial charge in [-0.3, -0.25) is 0 Å². The Kier molecular flexibility index (Phi) is 12.8. The fourth-order valence-corrected chi connectivity index (χ4v) is 15.7. The minimum atomic E-state index is -1.18. The zero-order valence-electron chi connectivity index (χ0n) is 45.9. The molecular weight excluding hydrogens is 977 g/mol. The number of nitrogens with zero attached hydrogens (tertiary/aromatic N) is 2. The monoisotopic (exact) mass is 1040 g/mol. The van der Waals surface area contributed by atoms with Crippen LogP contribution in [0.1, 0.15) is 147 Å². The lowest BCUT2D eigenvalue weighted by Gasteiger charge is -2.31. The molecule has 0 saturated carbocycles. The number of carbonyl (C=O) groups is 1. The summed E-state index contributed by atoms with van der Waals surface area (Å²) in [7, 11) is 0. The van der Waals surface area contributed by atoms with Crippen molar-refractivity contribution in [3.05, 3.63) is 166 Å². The third-order valence-electron chi connectivity index (χ3n) is 17.1. The number of carboxylic acids is 1. The number of rotatable bonds is 16. The maximum Gasteiger partial charge on any atom is 0.346 e. The second-order valence-electron chi connectivity index (χ2n) is 24.1. The molecule has 4 nitrogen and oxygen atoms in total. The van der Waals surface area contributed by atoms with Crippen LogP contribution >= 0.6 is 22.7 Å². The SMILES string of the molecule is CCCCCCC1(CCCCCC)c2cc(/C=C(/C#N)C(=O)O)sc2-c2sc(-c3ccc(-n4c5cc(-c6ccc(C(C)(C)C)cc6)c6cccc7c8cccc9c(-c%10ccc(C(C)(C)C)cc%10)cc4c(c98)c5c67)cc3)cc21. The first-order valence-corrected chi connectivity index (χ1v) is 29.7. The van der Waals surface area contributed by atoms with Gasteiger partial charge in [-0.15, -0.1) is 22.7 Å². The lowest BCUT2D eigenvalue weighted by molar-refractivity contribution is -0.132. The van der Waals surface area contributed by atoms with E-state index in [1.54, 1.807) is 17.4 Å². The van der Waals surface area contributed by atoms with E-state index < -0.39 is 5.97 Å². The molecule has 3 heterocycles. The zero-order valence-corrected chi connectivity index (χ0v) is 47.5. The average molecular weight is 1050 g/mol. The second kappa shape index (κ2) is 19.5. The van der Waals surface area contributed by atoms with E-state index in [9.17, 15) is 15.2 Å². The molecule has 3 aromatic heterocycles. The van der Waals surface area contributed by atoms with Crippen molar-refractivity contribution in [2.45, 2.75) is 136 Å². The normalized spacial score (nSPS) is 13.7. The first-order valence-electron chi connectivity index (χ1n) is 28.1. The minimum Gasteiger partial charge on any atom is -0.477 e. The van der Waals surface area contributed by atoms with Crippen molar-refractivity contribution in [3.63, 3.8) is 0 Å². The van der Waals surface area contributed by atoms with E-state index in [0.717, 1.165) is 36.2 Å². The van der Waals surface area contributed by atoms with Crippen LogP contribution < -0.4 is 0 Å². The van der Waals surface area contributed by atoms with Crippen LogP contribution in [0.2, 0.25) is 0 Å². The molecule has 6 heteroatoms. The quantitative estimate of drug-likeness (QED) is 0.0345. The number of thiophene rings is 2. The van der Waals surface area contributed by atoms with Gasteiger partial charge in [0, 0.05) is 52.2 Å². The van der Waals surface area contributed by atoms with Gasteiger partial charge in [-0.25, -0.2) is 4.79 Å². The van der Waals surface area contributed by atoms with E-state index in [4.69, 9.17) is 0 Å². The lowest BCUT2D eigenvalue weighted by Crippen LogP contribution is -2.25. The predicted octanol–water partition coefficient (Wildman–Crippen LogP) is 21.0. The predicted molar refractivity (Wildman–Crippen MR) is 330 cm³/mol. The molecule has 1 aliphatic carbocycles. The van der Waals surface area contributed by atoms with E-state index in [-0.39, 0.29) is 21.8 Å². The Bertz CT molecular complexity index is 3930. The molecular formula is C71H68N2O2S2. The highest BCUT2D eigenvalue weighted by Gasteiger charge is 2.45. The van der Waals surface area contributed by atoms with Crippen LogP contribution in [0.3, 0.4) is 0 Å². The molecule has 0 spiro atoms. The van der Waals surface area contributed by atoms with Gasteiger partial charge in [-0.1, -0.05) is 204 Å². The van der Waals surface area contributed by atoms with Crippen molar-refractivity contribution in [1.29, 1.82) is 5.26 Å². The highest BCUT2D eigenvalue weighted by molar-refractivity contribution is 7.24. The van der Waals surface area contributed by atoms with Crippen LogP contribution in [0.25, 0.3) is 108 Å². The van der Waals surface area contributed by atoms with E-state index in [1.807, 2.05) is 17.4 Å². The molecule has 11 aromatic rings. The number of unbranched alkanes of at least 4 members (excludes halogenated alkanes) is 6. The molecule has 0 unspecified atom stereocenters. The van der Waals surface area contributed by atoms with Crippen molar-refractivity contribution in [2.75, 3.05) is 0 Å². The van der Waals surface area contributed by atoms with Gasteiger partial charge in [0.05, 0.1) is 11.0 Å². The number of fused-ring (bicyclic) bond motifs is 4. The lowest BCUT2D eigenvalue weighted by atomic mass is 9.71. The highest BCUT2D eigenvalue weighted by Crippen LogP contribution is 2.61. The molecule has 8 aromatic carbocycles. The van der Waals surface area contributed by atoms with Crippen LogP contribution in [0.15, 0.2) is 139 Å². The minimum absolute atomic E-state index is 0.0479. The molecule has 0 radical (unpaired) electrons. The molecule has 0 atom stereocenters. The Morgan fingerprint density at radius 2 is 1.04 bits per heavy atom. The molecule has 0 aliphatic heterocycles. The summed E-state index contributed by atoms with van der Waals surface area (Å²) < 4.78 is 2.55.